The van der Waals surface area contributed by atoms with Gasteiger partial charge in [-0.2, -0.15) is 0 Å². The molecular formula is C11H17NO4. The molecule has 0 fully saturated rings. The lowest BCUT2D eigenvalue weighted by molar-refractivity contribution is 0.0562. The van der Waals surface area contributed by atoms with Gasteiger partial charge in [0.25, 0.3) is 0 Å². The number of aliphatic hydroxyl groups excluding tert-OH is 1. The fraction of sp³-hybridized carbons (Fsp3) is 0.545. The van der Waals surface area contributed by atoms with E-state index in [0.29, 0.717) is 12.1 Å². The molecule has 0 bridgehead atoms. The maximum absolute atomic E-state index is 11.3. The number of aliphatic hydroxyl groups is 1. The second kappa shape index (κ2) is 5.14. The first-order chi connectivity index (χ1) is 7.50. The van der Waals surface area contributed by atoms with E-state index in [0.717, 1.165) is 0 Å². The summed E-state index contributed by atoms with van der Waals surface area (Å²) in [6.45, 7) is 4.18. The molecule has 16 heavy (non-hydrogen) atoms. The van der Waals surface area contributed by atoms with Crippen LogP contribution in [0.2, 0.25) is 0 Å². The van der Waals surface area contributed by atoms with Crippen LogP contribution in [0.1, 0.15) is 30.0 Å². The maximum atomic E-state index is 11.3. The van der Waals surface area contributed by atoms with E-state index in [1.54, 1.807) is 6.07 Å². The molecule has 0 unspecified atom stereocenters. The van der Waals surface area contributed by atoms with E-state index in [1.807, 2.05) is 13.8 Å². The van der Waals surface area contributed by atoms with Gasteiger partial charge in [-0.15, -0.1) is 0 Å². The predicted octanol–water partition coefficient (Wildman–Crippen LogP) is 0.927. The normalized spacial score (nSPS) is 11.5. The summed E-state index contributed by atoms with van der Waals surface area (Å²) >= 11 is 0. The van der Waals surface area contributed by atoms with Crippen molar-refractivity contribution in [2.75, 3.05) is 13.7 Å². The Bertz CT molecular complexity index is 357. The van der Waals surface area contributed by atoms with Crippen LogP contribution in [0.25, 0.3) is 0 Å². The van der Waals surface area contributed by atoms with Crippen molar-refractivity contribution in [1.29, 1.82) is 0 Å². The van der Waals surface area contributed by atoms with Gasteiger partial charge in [-0.3, -0.25) is 0 Å². The second-order valence-electron chi connectivity index (χ2n) is 4.16. The third-order valence-electron chi connectivity index (χ3n) is 2.27. The van der Waals surface area contributed by atoms with Crippen molar-refractivity contribution in [2.24, 2.45) is 0 Å². The van der Waals surface area contributed by atoms with Crippen molar-refractivity contribution in [3.63, 3.8) is 0 Å². The van der Waals surface area contributed by atoms with Gasteiger partial charge in [-0.05, 0) is 19.9 Å². The largest absolute Gasteiger partial charge is 0.463 e. The fourth-order valence-corrected chi connectivity index (χ4v) is 1.14. The minimum atomic E-state index is -0.497. The van der Waals surface area contributed by atoms with Crippen molar-refractivity contribution in [1.82, 2.24) is 5.32 Å². The van der Waals surface area contributed by atoms with E-state index in [-0.39, 0.29) is 12.4 Å². The highest BCUT2D eigenvalue weighted by atomic mass is 16.5. The van der Waals surface area contributed by atoms with E-state index in [1.165, 1.54) is 13.4 Å². The number of hydrogen-bond acceptors (Lipinski definition) is 5. The topological polar surface area (TPSA) is 71.7 Å². The summed E-state index contributed by atoms with van der Waals surface area (Å²) in [6, 6.07) is 1.70. The summed E-state index contributed by atoms with van der Waals surface area (Å²) in [5.74, 6) is -0.299. The first kappa shape index (κ1) is 12.7. The van der Waals surface area contributed by atoms with Gasteiger partial charge in [-0.1, -0.05) is 0 Å². The van der Waals surface area contributed by atoms with Gasteiger partial charge in [0.1, 0.15) is 0 Å². The summed E-state index contributed by atoms with van der Waals surface area (Å²) in [7, 11) is 1.31. The van der Waals surface area contributed by atoms with Crippen LogP contribution in [0.5, 0.6) is 0 Å². The van der Waals surface area contributed by atoms with Gasteiger partial charge in [0, 0.05) is 17.6 Å². The number of carbonyl (C=O) groups excluding carboxylic acids is 1. The quantitative estimate of drug-likeness (QED) is 0.732. The average molecular weight is 227 g/mol. The van der Waals surface area contributed by atoms with E-state index in [2.05, 4.69) is 10.1 Å². The van der Waals surface area contributed by atoms with Gasteiger partial charge in [0.2, 0.25) is 5.76 Å². The first-order valence-corrected chi connectivity index (χ1v) is 5.01. The Labute approximate surface area is 94.4 Å². The van der Waals surface area contributed by atoms with Crippen LogP contribution >= 0.6 is 0 Å². The van der Waals surface area contributed by atoms with E-state index in [4.69, 9.17) is 9.52 Å². The van der Waals surface area contributed by atoms with Crippen LogP contribution in [0.3, 0.4) is 0 Å². The zero-order chi connectivity index (χ0) is 12.2. The Morgan fingerprint density at radius 1 is 1.62 bits per heavy atom. The van der Waals surface area contributed by atoms with Gasteiger partial charge in [-0.25, -0.2) is 4.79 Å². The summed E-state index contributed by atoms with van der Waals surface area (Å²) in [5, 5.41) is 12.2. The number of hydrogen-bond donors (Lipinski definition) is 2. The van der Waals surface area contributed by atoms with E-state index in [9.17, 15) is 4.79 Å². The van der Waals surface area contributed by atoms with Crippen molar-refractivity contribution in [3.8, 4) is 0 Å². The molecule has 0 radical (unpaired) electrons. The Kier molecular flexibility index (Phi) is 4.09. The fourth-order valence-electron chi connectivity index (χ4n) is 1.14. The lowest BCUT2D eigenvalue weighted by atomic mass is 10.1. The highest BCUT2D eigenvalue weighted by Crippen LogP contribution is 2.13. The number of ether oxygens (including phenoxy) is 1. The van der Waals surface area contributed by atoms with Crippen LogP contribution in [-0.4, -0.2) is 30.3 Å². The number of furan rings is 1. The monoisotopic (exact) mass is 227 g/mol. The average Bonchev–Trinajstić information content (AvgIpc) is 2.73. The van der Waals surface area contributed by atoms with Crippen LogP contribution < -0.4 is 5.32 Å². The summed E-state index contributed by atoms with van der Waals surface area (Å²) in [5.41, 5.74) is 0.318. The Morgan fingerprint density at radius 3 is 2.88 bits per heavy atom. The van der Waals surface area contributed by atoms with Gasteiger partial charge in [0.15, 0.2) is 0 Å². The lowest BCUT2D eigenvalue weighted by Crippen LogP contribution is -2.42. The summed E-state index contributed by atoms with van der Waals surface area (Å²) in [4.78, 5) is 11.3. The SMILES string of the molecule is COC(=O)c1occc1CNC(C)(C)CO. The molecule has 0 aliphatic carbocycles. The molecule has 0 spiro atoms. The molecule has 0 saturated carbocycles. The summed E-state index contributed by atoms with van der Waals surface area (Å²) < 4.78 is 9.62. The molecule has 1 heterocycles. The van der Waals surface area contributed by atoms with Crippen molar-refractivity contribution >= 4 is 5.97 Å². The van der Waals surface area contributed by atoms with E-state index < -0.39 is 11.5 Å². The van der Waals surface area contributed by atoms with Crippen molar-refractivity contribution < 1.29 is 19.1 Å². The molecule has 1 rings (SSSR count). The van der Waals surface area contributed by atoms with E-state index >= 15 is 0 Å². The Hall–Kier alpha value is -1.33. The third kappa shape index (κ3) is 3.08. The molecular weight excluding hydrogens is 210 g/mol. The molecule has 2 N–H and O–H groups in total. The molecule has 1 aromatic rings. The van der Waals surface area contributed by atoms with Gasteiger partial charge >= 0.3 is 5.97 Å². The van der Waals surface area contributed by atoms with Gasteiger partial charge in [0.05, 0.1) is 20.0 Å². The number of nitrogens with one attached hydrogen (secondary N) is 1. The molecule has 1 aromatic heterocycles. The molecule has 0 saturated heterocycles. The number of esters is 1. The minimum Gasteiger partial charge on any atom is -0.463 e. The minimum absolute atomic E-state index is 0.0123. The standard InChI is InChI=1S/C11H17NO4/c1-11(2,7-13)12-6-8-4-5-16-9(8)10(14)15-3/h4-5,12-13H,6-7H2,1-3H3. The van der Waals surface area contributed by atoms with Crippen LogP contribution in [0, 0.1) is 0 Å². The number of rotatable bonds is 5. The molecule has 5 nitrogen and oxygen atoms in total. The van der Waals surface area contributed by atoms with Crippen molar-refractivity contribution in [3.05, 3.63) is 23.7 Å². The first-order valence-electron chi connectivity index (χ1n) is 5.01. The molecule has 5 heteroatoms. The molecule has 0 aromatic carbocycles. The number of methoxy groups -OCH3 is 1. The Balaban J connectivity index is 2.68. The molecule has 0 aliphatic rings. The second-order valence-corrected chi connectivity index (χ2v) is 4.16. The lowest BCUT2D eigenvalue weighted by Gasteiger charge is -2.23. The predicted molar refractivity (Wildman–Crippen MR) is 58.1 cm³/mol. The van der Waals surface area contributed by atoms with Crippen LogP contribution in [-0.2, 0) is 11.3 Å². The third-order valence-corrected chi connectivity index (χ3v) is 2.27. The van der Waals surface area contributed by atoms with Crippen molar-refractivity contribution in [2.45, 2.75) is 25.9 Å². The highest BCUT2D eigenvalue weighted by molar-refractivity contribution is 5.87. The highest BCUT2D eigenvalue weighted by Gasteiger charge is 2.19. The zero-order valence-electron chi connectivity index (χ0n) is 9.74. The summed E-state index contributed by atoms with van der Waals surface area (Å²) in [6.07, 6.45) is 1.44. The molecule has 0 amide bonds. The number of carbonyl (C=O) groups is 1. The van der Waals surface area contributed by atoms with Crippen LogP contribution in [0.15, 0.2) is 16.7 Å². The molecule has 90 valence electrons. The smallest absolute Gasteiger partial charge is 0.374 e. The maximum Gasteiger partial charge on any atom is 0.374 e. The Morgan fingerprint density at radius 2 is 2.31 bits per heavy atom. The zero-order valence-corrected chi connectivity index (χ0v) is 9.74. The van der Waals surface area contributed by atoms with Gasteiger partial charge < -0.3 is 19.6 Å². The molecule has 0 atom stereocenters. The molecule has 0 aliphatic heterocycles. The van der Waals surface area contributed by atoms with Crippen LogP contribution in [0.4, 0.5) is 0 Å².